The number of nitrogens with zero attached hydrogens (tertiary/aromatic N) is 2. The number of rotatable bonds is 9. The summed E-state index contributed by atoms with van der Waals surface area (Å²) in [4.78, 5) is 7.17. The van der Waals surface area contributed by atoms with Crippen LogP contribution in [-0.4, -0.2) is 23.6 Å². The van der Waals surface area contributed by atoms with Gasteiger partial charge in [-0.05, 0) is 55.1 Å². The van der Waals surface area contributed by atoms with Crippen LogP contribution in [0.3, 0.4) is 0 Å². The van der Waals surface area contributed by atoms with Crippen molar-refractivity contribution in [1.29, 1.82) is 0 Å². The summed E-state index contributed by atoms with van der Waals surface area (Å²) in [5, 5.41) is 3.61. The molecule has 4 heteroatoms. The molecule has 1 fully saturated rings. The van der Waals surface area contributed by atoms with Crippen LogP contribution in [0.5, 0.6) is 0 Å². The minimum atomic E-state index is 0.482. The molecule has 1 N–H and O–H groups in total. The monoisotopic (exact) mass is 353 g/mol. The van der Waals surface area contributed by atoms with Crippen LogP contribution in [0.4, 0.5) is 5.82 Å². The minimum Gasteiger partial charge on any atom is -0.354 e. The molecule has 0 bridgehead atoms. The Balaban J connectivity index is 2.12. The summed E-state index contributed by atoms with van der Waals surface area (Å²) in [6, 6.07) is 3.42. The molecule has 1 saturated carbocycles. The summed E-state index contributed by atoms with van der Waals surface area (Å²) in [5.74, 6) is 1.15. The summed E-state index contributed by atoms with van der Waals surface area (Å²) in [7, 11) is 0. The molecule has 1 aromatic heterocycles. The van der Waals surface area contributed by atoms with E-state index in [0.717, 1.165) is 29.4 Å². The highest BCUT2D eigenvalue weighted by Crippen LogP contribution is 2.26. The molecule has 0 saturated heterocycles. The molecule has 2 rings (SSSR count). The Morgan fingerprint density at radius 3 is 2.76 bits per heavy atom. The second-order valence-electron chi connectivity index (χ2n) is 6.29. The van der Waals surface area contributed by atoms with Gasteiger partial charge in [0.2, 0.25) is 0 Å². The maximum absolute atomic E-state index is 4.72. The summed E-state index contributed by atoms with van der Waals surface area (Å²) in [6.07, 6.45) is 8.35. The van der Waals surface area contributed by atoms with E-state index in [9.17, 15) is 0 Å². The van der Waals surface area contributed by atoms with E-state index >= 15 is 0 Å². The summed E-state index contributed by atoms with van der Waals surface area (Å²) in [5.41, 5.74) is 1.31. The number of aromatic nitrogens is 1. The Morgan fingerprint density at radius 1 is 1.38 bits per heavy atom. The van der Waals surface area contributed by atoms with Crippen molar-refractivity contribution in [3.8, 4) is 0 Å². The smallest absolute Gasteiger partial charge is 0.133 e. The van der Waals surface area contributed by atoms with Gasteiger partial charge in [0.1, 0.15) is 5.82 Å². The molecule has 0 spiro atoms. The molecule has 0 unspecified atom stereocenters. The van der Waals surface area contributed by atoms with Gasteiger partial charge < -0.3 is 10.2 Å². The molecule has 1 aliphatic rings. The zero-order chi connectivity index (χ0) is 15.2. The van der Waals surface area contributed by atoms with Gasteiger partial charge in [-0.2, -0.15) is 0 Å². The van der Waals surface area contributed by atoms with Gasteiger partial charge in [0.05, 0.1) is 0 Å². The van der Waals surface area contributed by atoms with Crippen LogP contribution in [-0.2, 0) is 6.54 Å². The van der Waals surface area contributed by atoms with E-state index in [1.165, 1.54) is 37.7 Å². The summed E-state index contributed by atoms with van der Waals surface area (Å²) in [6.45, 7) is 8.78. The van der Waals surface area contributed by atoms with Crippen molar-refractivity contribution in [3.63, 3.8) is 0 Å². The van der Waals surface area contributed by atoms with E-state index in [0.29, 0.717) is 6.04 Å². The average molecular weight is 354 g/mol. The fraction of sp³-hybridized carbons (Fsp3) is 0.706. The Morgan fingerprint density at radius 2 is 2.14 bits per heavy atom. The van der Waals surface area contributed by atoms with Gasteiger partial charge in [-0.1, -0.05) is 19.8 Å². The van der Waals surface area contributed by atoms with E-state index in [2.05, 4.69) is 53.0 Å². The topological polar surface area (TPSA) is 28.2 Å². The second kappa shape index (κ2) is 8.14. The van der Waals surface area contributed by atoms with Crippen LogP contribution in [0.2, 0.25) is 0 Å². The molecule has 0 atom stereocenters. The van der Waals surface area contributed by atoms with Crippen LogP contribution >= 0.6 is 15.9 Å². The number of anilines is 1. The molecule has 118 valence electrons. The number of hydrogen-bond donors (Lipinski definition) is 1. The quantitative estimate of drug-likeness (QED) is 0.662. The number of halogens is 1. The maximum atomic E-state index is 4.72. The Bertz CT molecular complexity index is 444. The van der Waals surface area contributed by atoms with Crippen molar-refractivity contribution in [2.45, 2.75) is 71.5 Å². The first-order chi connectivity index (χ1) is 10.1. The van der Waals surface area contributed by atoms with E-state index in [-0.39, 0.29) is 0 Å². The van der Waals surface area contributed by atoms with Crippen molar-refractivity contribution in [3.05, 3.63) is 22.3 Å². The summed E-state index contributed by atoms with van der Waals surface area (Å²) >= 11 is 3.56. The molecule has 1 aromatic rings. The first-order valence-electron chi connectivity index (χ1n) is 8.26. The lowest BCUT2D eigenvalue weighted by Gasteiger charge is -2.30. The third-order valence-electron chi connectivity index (χ3n) is 3.97. The summed E-state index contributed by atoms with van der Waals surface area (Å²) < 4.78 is 1.07. The molecule has 0 amide bonds. The molecule has 21 heavy (non-hydrogen) atoms. The van der Waals surface area contributed by atoms with Crippen molar-refractivity contribution < 1.29 is 0 Å². The molecule has 1 aliphatic carbocycles. The maximum Gasteiger partial charge on any atom is 0.133 e. The minimum absolute atomic E-state index is 0.482. The van der Waals surface area contributed by atoms with Gasteiger partial charge in [0.15, 0.2) is 0 Å². The van der Waals surface area contributed by atoms with Gasteiger partial charge in [-0.15, -0.1) is 0 Å². The van der Waals surface area contributed by atoms with Crippen LogP contribution in [0.15, 0.2) is 16.7 Å². The first kappa shape index (κ1) is 16.8. The van der Waals surface area contributed by atoms with Crippen LogP contribution in [0.1, 0.15) is 58.4 Å². The lowest BCUT2D eigenvalue weighted by molar-refractivity contribution is 0.611. The highest BCUT2D eigenvalue weighted by Gasteiger charge is 2.22. The van der Waals surface area contributed by atoms with Crippen molar-refractivity contribution >= 4 is 21.7 Å². The van der Waals surface area contributed by atoms with Gasteiger partial charge in [-0.3, -0.25) is 0 Å². The fourth-order valence-electron chi connectivity index (χ4n) is 2.55. The predicted molar refractivity (Wildman–Crippen MR) is 93.8 cm³/mol. The van der Waals surface area contributed by atoms with E-state index in [4.69, 9.17) is 4.98 Å². The van der Waals surface area contributed by atoms with Gasteiger partial charge >= 0.3 is 0 Å². The number of unbranched alkanes of at least 4 members (excludes halogenated alkanes) is 2. The van der Waals surface area contributed by atoms with Gasteiger partial charge in [0, 0.05) is 41.4 Å². The molecular formula is C17H28BrN3. The zero-order valence-corrected chi connectivity index (χ0v) is 15.1. The molecule has 0 radical (unpaired) electrons. The number of hydrogen-bond acceptors (Lipinski definition) is 3. The molecule has 0 aromatic carbocycles. The standard InChI is InChI=1S/C17H28BrN3/c1-4-5-6-9-21(13(2)3)17-14(10-15(18)12-20-17)11-19-16-7-8-16/h10,12-13,16,19H,4-9,11H2,1-3H3. The van der Waals surface area contributed by atoms with E-state index in [1.54, 1.807) is 0 Å². The highest BCUT2D eigenvalue weighted by molar-refractivity contribution is 9.10. The fourth-order valence-corrected chi connectivity index (χ4v) is 2.92. The highest BCUT2D eigenvalue weighted by atomic mass is 79.9. The normalized spacial score (nSPS) is 14.7. The van der Waals surface area contributed by atoms with Crippen molar-refractivity contribution in [2.24, 2.45) is 0 Å². The van der Waals surface area contributed by atoms with Crippen LogP contribution in [0, 0.1) is 0 Å². The van der Waals surface area contributed by atoms with Crippen molar-refractivity contribution in [1.82, 2.24) is 10.3 Å². The zero-order valence-electron chi connectivity index (χ0n) is 13.5. The molecule has 3 nitrogen and oxygen atoms in total. The van der Waals surface area contributed by atoms with Crippen molar-refractivity contribution in [2.75, 3.05) is 11.4 Å². The van der Waals surface area contributed by atoms with Crippen LogP contribution < -0.4 is 10.2 Å². The lowest BCUT2D eigenvalue weighted by Crippen LogP contribution is -2.34. The second-order valence-corrected chi connectivity index (χ2v) is 7.20. The number of nitrogens with one attached hydrogen (secondary N) is 1. The van der Waals surface area contributed by atoms with E-state index < -0.39 is 0 Å². The Labute approximate surface area is 137 Å². The van der Waals surface area contributed by atoms with Gasteiger partial charge in [0.25, 0.3) is 0 Å². The third kappa shape index (κ3) is 5.26. The Kier molecular flexibility index (Phi) is 6.49. The molecule has 0 aliphatic heterocycles. The SMILES string of the molecule is CCCCCN(c1ncc(Br)cc1CNC1CC1)C(C)C. The molecule has 1 heterocycles. The van der Waals surface area contributed by atoms with E-state index in [1.807, 2.05) is 6.20 Å². The third-order valence-corrected chi connectivity index (χ3v) is 4.40. The molecular weight excluding hydrogens is 326 g/mol. The number of pyridine rings is 1. The average Bonchev–Trinajstić information content (AvgIpc) is 3.26. The van der Waals surface area contributed by atoms with Crippen LogP contribution in [0.25, 0.3) is 0 Å². The largest absolute Gasteiger partial charge is 0.354 e. The Hall–Kier alpha value is -0.610. The first-order valence-corrected chi connectivity index (χ1v) is 9.05. The van der Waals surface area contributed by atoms with Gasteiger partial charge in [-0.25, -0.2) is 4.98 Å². The lowest BCUT2D eigenvalue weighted by atomic mass is 10.1. The predicted octanol–water partition coefficient (Wildman–Crippen LogP) is 4.50.